The van der Waals surface area contributed by atoms with E-state index in [0.717, 1.165) is 37.1 Å². The van der Waals surface area contributed by atoms with Crippen molar-refractivity contribution in [2.24, 2.45) is 11.7 Å². The van der Waals surface area contributed by atoms with Crippen molar-refractivity contribution in [2.75, 3.05) is 50.2 Å². The lowest BCUT2D eigenvalue weighted by molar-refractivity contribution is 0.0977. The molecular formula is C24H33N7O3. The summed E-state index contributed by atoms with van der Waals surface area (Å²) in [6, 6.07) is 7.37. The number of piperidine rings is 1. The van der Waals surface area contributed by atoms with Crippen LogP contribution in [0, 0.1) is 11.3 Å². The minimum absolute atomic E-state index is 0.0172. The van der Waals surface area contributed by atoms with Gasteiger partial charge in [0.05, 0.1) is 13.2 Å². The zero-order valence-corrected chi connectivity index (χ0v) is 19.8. The maximum atomic E-state index is 13.8. The molecule has 0 aliphatic carbocycles. The molecule has 2 aromatic rings. The Morgan fingerprint density at radius 2 is 2.29 bits per heavy atom. The van der Waals surface area contributed by atoms with Crippen molar-refractivity contribution in [1.82, 2.24) is 14.9 Å². The van der Waals surface area contributed by atoms with Crippen LogP contribution in [-0.2, 0) is 11.2 Å². The molecular weight excluding hydrogens is 434 g/mol. The molecule has 0 spiro atoms. The molecule has 2 unspecified atom stereocenters. The summed E-state index contributed by atoms with van der Waals surface area (Å²) in [6.45, 7) is 5.01. The van der Waals surface area contributed by atoms with E-state index in [9.17, 15) is 4.79 Å². The highest BCUT2D eigenvalue weighted by molar-refractivity contribution is 6.06. The molecule has 1 aromatic heterocycles. The third-order valence-electron chi connectivity index (χ3n) is 6.19. The Morgan fingerprint density at radius 3 is 3.09 bits per heavy atom. The van der Waals surface area contributed by atoms with Gasteiger partial charge in [-0.25, -0.2) is 4.98 Å². The topological polar surface area (TPSA) is 130 Å². The monoisotopic (exact) mass is 467 g/mol. The molecule has 1 aromatic carbocycles. The number of aromatic nitrogens is 2. The Balaban J connectivity index is 1.61. The third kappa shape index (κ3) is 5.56. The Kier molecular flexibility index (Phi) is 7.46. The van der Waals surface area contributed by atoms with Crippen molar-refractivity contribution in [3.63, 3.8) is 0 Å². The van der Waals surface area contributed by atoms with Crippen molar-refractivity contribution < 1.29 is 14.3 Å². The normalized spacial score (nSPS) is 18.1. The van der Waals surface area contributed by atoms with Crippen LogP contribution in [0.5, 0.6) is 5.75 Å². The first-order valence-electron chi connectivity index (χ1n) is 11.7. The van der Waals surface area contributed by atoms with Crippen molar-refractivity contribution in [2.45, 2.75) is 32.2 Å². The number of hydrogen-bond donors (Lipinski definition) is 3. The number of hydrogen-bond acceptors (Lipinski definition) is 7. The van der Waals surface area contributed by atoms with Crippen molar-refractivity contribution in [3.8, 4) is 5.75 Å². The van der Waals surface area contributed by atoms with E-state index in [4.69, 9.17) is 20.6 Å². The molecule has 1 saturated heterocycles. The molecule has 1 amide bonds. The Hall–Kier alpha value is -3.40. The summed E-state index contributed by atoms with van der Waals surface area (Å²) in [5, 5.41) is 11.0. The summed E-state index contributed by atoms with van der Waals surface area (Å²) in [7, 11) is 1.64. The number of guanidine groups is 1. The van der Waals surface area contributed by atoms with E-state index < -0.39 is 0 Å². The molecule has 2 aliphatic heterocycles. The molecule has 1 fully saturated rings. The summed E-state index contributed by atoms with van der Waals surface area (Å²) in [4.78, 5) is 26.3. The summed E-state index contributed by atoms with van der Waals surface area (Å²) in [5.41, 5.74) is 7.39. The number of rotatable bonds is 8. The largest absolute Gasteiger partial charge is 0.493 e. The predicted octanol–water partition coefficient (Wildman–Crippen LogP) is 2.11. The van der Waals surface area contributed by atoms with Gasteiger partial charge in [0.25, 0.3) is 5.91 Å². The summed E-state index contributed by atoms with van der Waals surface area (Å²) >= 11 is 0. The fraction of sp³-hybridized carbons (Fsp3) is 0.500. The van der Waals surface area contributed by atoms with Gasteiger partial charge in [-0.3, -0.25) is 15.1 Å². The number of methoxy groups -OCH3 is 1. The summed E-state index contributed by atoms with van der Waals surface area (Å²) in [6.07, 6.45) is 4.33. The fourth-order valence-corrected chi connectivity index (χ4v) is 4.53. The number of fused-ring (bicyclic) bond motifs is 1. The number of amides is 1. The molecule has 2 aliphatic rings. The highest BCUT2D eigenvalue weighted by Gasteiger charge is 2.28. The van der Waals surface area contributed by atoms with E-state index in [0.29, 0.717) is 43.6 Å². The molecule has 4 rings (SSSR count). The standard InChI is InChI=1S/C24H33N7O3/c1-16(15-33-2)28-24-27-9-7-21(29-24)31(14-17-4-3-10-30(13-17)23(25)26)22(32)19-5-6-20-18(12-19)8-11-34-20/h5-7,9,12,16-17H,3-4,8,10-11,13-15H2,1-2H3,(H3,25,26)(H,27,28,29). The number of nitrogens with two attached hydrogens (primary N) is 1. The molecule has 3 heterocycles. The molecule has 0 bridgehead atoms. The van der Waals surface area contributed by atoms with E-state index in [1.54, 1.807) is 24.3 Å². The van der Waals surface area contributed by atoms with E-state index in [1.165, 1.54) is 0 Å². The van der Waals surface area contributed by atoms with Crippen LogP contribution in [0.15, 0.2) is 30.5 Å². The first-order valence-corrected chi connectivity index (χ1v) is 11.7. The van der Waals surface area contributed by atoms with Crippen LogP contribution in [0.4, 0.5) is 11.8 Å². The lowest BCUT2D eigenvalue weighted by atomic mass is 9.97. The van der Waals surface area contributed by atoms with Crippen LogP contribution >= 0.6 is 0 Å². The van der Waals surface area contributed by atoms with Crippen LogP contribution in [-0.4, -0.2) is 72.7 Å². The zero-order chi connectivity index (χ0) is 24.1. The van der Waals surface area contributed by atoms with Crippen LogP contribution in [0.3, 0.4) is 0 Å². The number of anilines is 2. The maximum Gasteiger partial charge on any atom is 0.259 e. The Bertz CT molecular complexity index is 1030. The molecule has 0 saturated carbocycles. The second-order valence-electron chi connectivity index (χ2n) is 8.92. The first kappa shape index (κ1) is 23.7. The molecule has 0 radical (unpaired) electrons. The van der Waals surface area contributed by atoms with Crippen LogP contribution in [0.1, 0.15) is 35.7 Å². The van der Waals surface area contributed by atoms with Crippen LogP contribution in [0.25, 0.3) is 0 Å². The maximum absolute atomic E-state index is 13.8. The summed E-state index contributed by atoms with van der Waals surface area (Å²) < 4.78 is 10.8. The van der Waals surface area contributed by atoms with Crippen molar-refractivity contribution in [1.29, 1.82) is 5.41 Å². The molecule has 34 heavy (non-hydrogen) atoms. The van der Waals surface area contributed by atoms with Gasteiger partial charge in [0, 0.05) is 51.0 Å². The molecule has 10 heteroatoms. The van der Waals surface area contributed by atoms with Crippen LogP contribution in [0.2, 0.25) is 0 Å². The van der Waals surface area contributed by atoms with Gasteiger partial charge in [0.1, 0.15) is 11.6 Å². The molecule has 4 N–H and O–H groups in total. The van der Waals surface area contributed by atoms with Gasteiger partial charge < -0.3 is 25.4 Å². The lowest BCUT2D eigenvalue weighted by Crippen LogP contribution is -2.47. The van der Waals surface area contributed by atoms with Gasteiger partial charge in [0.15, 0.2) is 5.96 Å². The van der Waals surface area contributed by atoms with Gasteiger partial charge in [-0.1, -0.05) is 0 Å². The lowest BCUT2D eigenvalue weighted by Gasteiger charge is -2.35. The van der Waals surface area contributed by atoms with Crippen LogP contribution < -0.4 is 20.7 Å². The number of ether oxygens (including phenoxy) is 2. The van der Waals surface area contributed by atoms with Gasteiger partial charge in [-0.15, -0.1) is 0 Å². The smallest absolute Gasteiger partial charge is 0.259 e. The van der Waals surface area contributed by atoms with E-state index in [-0.39, 0.29) is 23.8 Å². The number of carbonyl (C=O) groups excluding carboxylic acids is 1. The highest BCUT2D eigenvalue weighted by Crippen LogP contribution is 2.28. The van der Waals surface area contributed by atoms with E-state index in [2.05, 4.69) is 15.3 Å². The average Bonchev–Trinajstić information content (AvgIpc) is 3.30. The predicted molar refractivity (Wildman–Crippen MR) is 131 cm³/mol. The molecule has 182 valence electrons. The van der Waals surface area contributed by atoms with Gasteiger partial charge in [-0.05, 0) is 55.5 Å². The molecule has 10 nitrogen and oxygen atoms in total. The number of nitrogens with one attached hydrogen (secondary N) is 2. The van der Waals surface area contributed by atoms with Crippen molar-refractivity contribution in [3.05, 3.63) is 41.6 Å². The minimum atomic E-state index is -0.121. The second kappa shape index (κ2) is 10.7. The van der Waals surface area contributed by atoms with Gasteiger partial charge >= 0.3 is 0 Å². The minimum Gasteiger partial charge on any atom is -0.493 e. The van der Waals surface area contributed by atoms with Gasteiger partial charge in [0.2, 0.25) is 5.95 Å². The Labute approximate surface area is 200 Å². The highest BCUT2D eigenvalue weighted by atomic mass is 16.5. The fourth-order valence-electron chi connectivity index (χ4n) is 4.53. The number of benzene rings is 1. The third-order valence-corrected chi connectivity index (χ3v) is 6.19. The number of nitrogens with zero attached hydrogens (tertiary/aromatic N) is 4. The number of carbonyl (C=O) groups is 1. The van der Waals surface area contributed by atoms with Crippen molar-refractivity contribution >= 4 is 23.6 Å². The molecule has 2 atom stereocenters. The SMILES string of the molecule is COCC(C)Nc1nccc(N(CC2CCCN(C(=N)N)C2)C(=O)c2ccc3c(c2)CCO3)n1. The van der Waals surface area contributed by atoms with E-state index in [1.807, 2.05) is 30.0 Å². The average molecular weight is 468 g/mol. The first-order chi connectivity index (χ1) is 16.4. The summed E-state index contributed by atoms with van der Waals surface area (Å²) in [5.74, 6) is 1.93. The zero-order valence-electron chi connectivity index (χ0n) is 19.8. The second-order valence-corrected chi connectivity index (χ2v) is 8.92. The Morgan fingerprint density at radius 1 is 1.44 bits per heavy atom. The number of likely N-dealkylation sites (tertiary alicyclic amines) is 1. The van der Waals surface area contributed by atoms with E-state index >= 15 is 0 Å². The van der Waals surface area contributed by atoms with Gasteiger partial charge in [-0.2, -0.15) is 4.98 Å². The quantitative estimate of drug-likeness (QED) is 0.398.